The van der Waals surface area contributed by atoms with Crippen LogP contribution in [0.3, 0.4) is 0 Å². The zero-order valence-corrected chi connectivity index (χ0v) is 9.71. The van der Waals surface area contributed by atoms with E-state index in [1.54, 1.807) is 24.3 Å². The molecule has 3 N–H and O–H groups in total. The van der Waals surface area contributed by atoms with E-state index in [2.05, 4.69) is 4.98 Å². The van der Waals surface area contributed by atoms with Gasteiger partial charge in [-0.25, -0.2) is 0 Å². The highest BCUT2D eigenvalue weighted by Crippen LogP contribution is 2.25. The summed E-state index contributed by atoms with van der Waals surface area (Å²) in [5.41, 5.74) is 6.29. The van der Waals surface area contributed by atoms with Crippen molar-refractivity contribution in [2.45, 2.75) is 18.6 Å². The Kier molecular flexibility index (Phi) is 3.21. The molecule has 0 bridgehead atoms. The van der Waals surface area contributed by atoms with Crippen LogP contribution in [-0.2, 0) is 6.42 Å². The zero-order chi connectivity index (χ0) is 13.3. The second-order valence-corrected chi connectivity index (χ2v) is 4.10. The molecule has 0 saturated heterocycles. The van der Waals surface area contributed by atoms with Gasteiger partial charge in [-0.2, -0.15) is 13.2 Å². The molecule has 2 aromatic rings. The molecule has 0 fully saturated rings. The summed E-state index contributed by atoms with van der Waals surface area (Å²) in [6.07, 6.45) is -4.64. The summed E-state index contributed by atoms with van der Waals surface area (Å²) in [5.74, 6) is 0.649. The number of hydrogen-bond donors (Lipinski definition) is 2. The van der Waals surface area contributed by atoms with Gasteiger partial charge in [-0.3, -0.25) is 0 Å². The van der Waals surface area contributed by atoms with Crippen LogP contribution in [0.1, 0.15) is 5.69 Å². The number of benzene rings is 1. The maximum Gasteiger partial charge on any atom is 0.404 e. The molecule has 2 rings (SSSR count). The number of rotatable bonds is 3. The molecule has 3 nitrogen and oxygen atoms in total. The molecule has 1 unspecified atom stereocenters. The number of nitrogens with one attached hydrogen (secondary N) is 1. The van der Waals surface area contributed by atoms with Gasteiger partial charge in [0.2, 0.25) is 0 Å². The molecule has 1 aromatic carbocycles. The highest BCUT2D eigenvalue weighted by atomic mass is 19.4. The van der Waals surface area contributed by atoms with Crippen LogP contribution in [0.25, 0.3) is 10.9 Å². The molecule has 1 atom stereocenters. The van der Waals surface area contributed by atoms with Crippen LogP contribution in [0.4, 0.5) is 13.2 Å². The summed E-state index contributed by atoms with van der Waals surface area (Å²) in [7, 11) is 1.53. The summed E-state index contributed by atoms with van der Waals surface area (Å²) in [6, 6.07) is 5.09. The van der Waals surface area contributed by atoms with Gasteiger partial charge in [0.05, 0.1) is 7.11 Å². The lowest BCUT2D eigenvalue weighted by molar-refractivity contribution is -0.147. The first-order valence-corrected chi connectivity index (χ1v) is 5.38. The molecule has 6 heteroatoms. The fraction of sp³-hybridized carbons (Fsp3) is 0.333. The van der Waals surface area contributed by atoms with E-state index in [1.807, 2.05) is 0 Å². The summed E-state index contributed by atoms with van der Waals surface area (Å²) >= 11 is 0. The maximum atomic E-state index is 12.4. The summed E-state index contributed by atoms with van der Waals surface area (Å²) in [5, 5.41) is 0.833. The number of methoxy groups -OCH3 is 1. The second-order valence-electron chi connectivity index (χ2n) is 4.10. The van der Waals surface area contributed by atoms with E-state index < -0.39 is 12.2 Å². The molecule has 0 amide bonds. The smallest absolute Gasteiger partial charge is 0.404 e. The van der Waals surface area contributed by atoms with Crippen molar-refractivity contribution in [3.63, 3.8) is 0 Å². The van der Waals surface area contributed by atoms with E-state index in [4.69, 9.17) is 10.5 Å². The van der Waals surface area contributed by atoms with Crippen molar-refractivity contribution < 1.29 is 17.9 Å². The predicted octanol–water partition coefficient (Wildman–Crippen LogP) is 2.61. The van der Waals surface area contributed by atoms with E-state index in [1.165, 1.54) is 7.11 Å². The monoisotopic (exact) mass is 258 g/mol. The first-order chi connectivity index (χ1) is 8.40. The van der Waals surface area contributed by atoms with E-state index in [0.717, 1.165) is 10.9 Å². The Morgan fingerprint density at radius 3 is 2.67 bits per heavy atom. The van der Waals surface area contributed by atoms with Gasteiger partial charge in [-0.15, -0.1) is 0 Å². The highest BCUT2D eigenvalue weighted by Gasteiger charge is 2.36. The van der Waals surface area contributed by atoms with Crippen LogP contribution in [-0.4, -0.2) is 24.3 Å². The first-order valence-electron chi connectivity index (χ1n) is 5.38. The number of nitrogens with two attached hydrogens (primary N) is 1. The molecular formula is C12H13F3N2O. The van der Waals surface area contributed by atoms with E-state index in [0.29, 0.717) is 11.4 Å². The first kappa shape index (κ1) is 12.8. The van der Waals surface area contributed by atoms with Crippen LogP contribution in [0.5, 0.6) is 5.75 Å². The molecule has 1 aromatic heterocycles. The Labute approximate surface area is 102 Å². The molecule has 98 valence electrons. The lowest BCUT2D eigenvalue weighted by atomic mass is 10.1. The van der Waals surface area contributed by atoms with Crippen LogP contribution in [0.15, 0.2) is 24.3 Å². The average molecular weight is 258 g/mol. The number of alkyl halides is 3. The van der Waals surface area contributed by atoms with Gasteiger partial charge in [0.15, 0.2) is 0 Å². The quantitative estimate of drug-likeness (QED) is 0.889. The lowest BCUT2D eigenvalue weighted by Gasteiger charge is -2.14. The molecule has 1 heterocycles. The number of hydrogen-bond acceptors (Lipinski definition) is 2. The molecule has 0 aliphatic heterocycles. The lowest BCUT2D eigenvalue weighted by Crippen LogP contribution is -2.39. The molecule has 0 aliphatic rings. The average Bonchev–Trinajstić information content (AvgIpc) is 2.68. The van der Waals surface area contributed by atoms with Crippen molar-refractivity contribution in [3.05, 3.63) is 30.0 Å². The Balaban J connectivity index is 2.25. The summed E-state index contributed by atoms with van der Waals surface area (Å²) in [4.78, 5) is 2.91. The minimum absolute atomic E-state index is 0.263. The Morgan fingerprint density at radius 1 is 1.33 bits per heavy atom. The fourth-order valence-corrected chi connectivity index (χ4v) is 1.76. The zero-order valence-electron chi connectivity index (χ0n) is 9.71. The number of fused-ring (bicyclic) bond motifs is 1. The van der Waals surface area contributed by atoms with Gasteiger partial charge in [0.1, 0.15) is 11.8 Å². The number of halogens is 3. The van der Waals surface area contributed by atoms with Gasteiger partial charge in [-0.1, -0.05) is 0 Å². The van der Waals surface area contributed by atoms with Crippen LogP contribution in [0, 0.1) is 0 Å². The Bertz CT molecular complexity index is 548. The number of aromatic amines is 1. The predicted molar refractivity (Wildman–Crippen MR) is 62.6 cm³/mol. The third kappa shape index (κ3) is 2.59. The van der Waals surface area contributed by atoms with Crippen molar-refractivity contribution in [1.29, 1.82) is 0 Å². The van der Waals surface area contributed by atoms with Crippen LogP contribution >= 0.6 is 0 Å². The van der Waals surface area contributed by atoms with Gasteiger partial charge in [0.25, 0.3) is 0 Å². The molecule has 0 radical (unpaired) electrons. The van der Waals surface area contributed by atoms with Crippen LogP contribution < -0.4 is 10.5 Å². The minimum atomic E-state index is -4.38. The molecule has 0 saturated carbocycles. The standard InChI is InChI=1S/C12H13F3N2O/c1-18-9-3-2-7-4-8(17-10(7)6-9)5-11(16)12(13,14)15/h2-4,6,11,17H,5,16H2,1H3. The van der Waals surface area contributed by atoms with Crippen LogP contribution in [0.2, 0.25) is 0 Å². The molecular weight excluding hydrogens is 245 g/mol. The topological polar surface area (TPSA) is 51.0 Å². The molecule has 0 spiro atoms. The highest BCUT2D eigenvalue weighted by molar-refractivity contribution is 5.81. The number of H-pyrrole nitrogens is 1. The van der Waals surface area contributed by atoms with E-state index >= 15 is 0 Å². The normalized spacial score (nSPS) is 13.8. The van der Waals surface area contributed by atoms with E-state index in [9.17, 15) is 13.2 Å². The van der Waals surface area contributed by atoms with Crippen molar-refractivity contribution >= 4 is 10.9 Å². The Hall–Kier alpha value is -1.69. The molecule has 18 heavy (non-hydrogen) atoms. The molecule has 0 aliphatic carbocycles. The Morgan fingerprint density at radius 2 is 2.06 bits per heavy atom. The van der Waals surface area contributed by atoms with E-state index in [-0.39, 0.29) is 6.42 Å². The van der Waals surface area contributed by atoms with Crippen molar-refractivity contribution in [2.75, 3.05) is 7.11 Å². The SMILES string of the molecule is COc1ccc2cc(CC(N)C(F)(F)F)[nH]c2c1. The van der Waals surface area contributed by atoms with Crippen molar-refractivity contribution in [3.8, 4) is 5.75 Å². The summed E-state index contributed by atoms with van der Waals surface area (Å²) < 4.78 is 42.1. The fourth-order valence-electron chi connectivity index (χ4n) is 1.76. The third-order valence-electron chi connectivity index (χ3n) is 2.75. The number of aromatic nitrogens is 1. The van der Waals surface area contributed by atoms with Gasteiger partial charge in [0, 0.05) is 23.7 Å². The van der Waals surface area contributed by atoms with Crippen molar-refractivity contribution in [2.24, 2.45) is 5.73 Å². The number of ether oxygens (including phenoxy) is 1. The van der Waals surface area contributed by atoms with Crippen molar-refractivity contribution in [1.82, 2.24) is 4.98 Å². The summed E-state index contributed by atoms with van der Waals surface area (Å²) in [6.45, 7) is 0. The van der Waals surface area contributed by atoms with Gasteiger partial charge >= 0.3 is 6.18 Å². The van der Waals surface area contributed by atoms with Gasteiger partial charge < -0.3 is 15.5 Å². The maximum absolute atomic E-state index is 12.4. The largest absolute Gasteiger partial charge is 0.497 e. The third-order valence-corrected chi connectivity index (χ3v) is 2.75. The minimum Gasteiger partial charge on any atom is -0.497 e. The second kappa shape index (κ2) is 4.53. The van der Waals surface area contributed by atoms with Gasteiger partial charge in [-0.05, 0) is 23.6 Å².